The smallest absolute Gasteiger partial charge is 0.401 e. The van der Waals surface area contributed by atoms with E-state index in [0.29, 0.717) is 16.5 Å². The number of phenols is 2. The van der Waals surface area contributed by atoms with Gasteiger partial charge in [-0.1, -0.05) is 18.2 Å². The fraction of sp³-hybridized carbons (Fsp3) is 0. The van der Waals surface area contributed by atoms with Crippen LogP contribution in [0.4, 0.5) is 0 Å². The molecular formula is C15H11O4+. The fourth-order valence-electron chi connectivity index (χ4n) is 1.99. The lowest BCUT2D eigenvalue weighted by molar-refractivity contribution is 0.441. The Kier molecular flexibility index (Phi) is 2.49. The van der Waals surface area contributed by atoms with Gasteiger partial charge in [0.15, 0.2) is 0 Å². The number of hydrogen-bond donors (Lipinski definition) is 3. The molecule has 0 unspecified atom stereocenters. The molecule has 0 aliphatic carbocycles. The summed E-state index contributed by atoms with van der Waals surface area (Å²) in [5.74, 6) is -0.0232. The average molecular weight is 255 g/mol. The molecule has 3 rings (SSSR count). The normalized spacial score (nSPS) is 10.7. The Morgan fingerprint density at radius 1 is 0.789 bits per heavy atom. The average Bonchev–Trinajstić information content (AvgIpc) is 2.40. The molecule has 19 heavy (non-hydrogen) atoms. The summed E-state index contributed by atoms with van der Waals surface area (Å²) < 4.78 is 5.57. The van der Waals surface area contributed by atoms with Crippen molar-refractivity contribution in [3.63, 3.8) is 0 Å². The molecule has 0 radical (unpaired) electrons. The maximum atomic E-state index is 9.99. The SMILES string of the molecule is Oc1cc(O)c2cc(O)c(-c3ccccc3)[o+]c2c1. The van der Waals surface area contributed by atoms with Gasteiger partial charge in [-0.05, 0) is 12.1 Å². The molecule has 0 amide bonds. The summed E-state index contributed by atoms with van der Waals surface area (Å²) in [5.41, 5.74) is 1.01. The Bertz CT molecular complexity index is 751. The number of rotatable bonds is 1. The first kappa shape index (κ1) is 11.3. The van der Waals surface area contributed by atoms with E-state index in [9.17, 15) is 15.3 Å². The maximum Gasteiger partial charge on any atom is 0.401 e. The molecule has 1 aromatic heterocycles. The van der Waals surface area contributed by atoms with Crippen LogP contribution in [0.25, 0.3) is 22.3 Å². The van der Waals surface area contributed by atoms with Gasteiger partial charge in [0.05, 0.1) is 11.6 Å². The van der Waals surface area contributed by atoms with Crippen LogP contribution in [0.1, 0.15) is 0 Å². The van der Waals surface area contributed by atoms with Crippen LogP contribution in [-0.4, -0.2) is 15.3 Å². The second kappa shape index (κ2) is 4.17. The summed E-state index contributed by atoms with van der Waals surface area (Å²) in [5, 5.41) is 29.5. The summed E-state index contributed by atoms with van der Waals surface area (Å²) in [7, 11) is 0. The van der Waals surface area contributed by atoms with Gasteiger partial charge in [-0.25, -0.2) is 4.42 Å². The van der Waals surface area contributed by atoms with Crippen LogP contribution in [0.15, 0.2) is 52.9 Å². The molecule has 0 aliphatic heterocycles. The zero-order valence-electron chi connectivity index (χ0n) is 9.87. The highest BCUT2D eigenvalue weighted by molar-refractivity contribution is 5.88. The third kappa shape index (κ3) is 1.93. The Labute approximate surface area is 108 Å². The van der Waals surface area contributed by atoms with Gasteiger partial charge in [-0.3, -0.25) is 0 Å². The van der Waals surface area contributed by atoms with E-state index in [1.165, 1.54) is 18.2 Å². The molecule has 0 atom stereocenters. The van der Waals surface area contributed by atoms with Gasteiger partial charge in [0, 0.05) is 12.1 Å². The molecule has 0 saturated carbocycles. The van der Waals surface area contributed by atoms with Gasteiger partial charge >= 0.3 is 11.3 Å². The Morgan fingerprint density at radius 3 is 2.26 bits per heavy atom. The van der Waals surface area contributed by atoms with Crippen LogP contribution >= 0.6 is 0 Å². The van der Waals surface area contributed by atoms with E-state index in [1.807, 2.05) is 18.2 Å². The monoisotopic (exact) mass is 255 g/mol. The van der Waals surface area contributed by atoms with Crippen molar-refractivity contribution in [3.8, 4) is 28.6 Å². The van der Waals surface area contributed by atoms with E-state index in [2.05, 4.69) is 0 Å². The highest BCUT2D eigenvalue weighted by atomic mass is 16.4. The van der Waals surface area contributed by atoms with Gasteiger partial charge in [0.1, 0.15) is 16.9 Å². The van der Waals surface area contributed by atoms with Crippen molar-refractivity contribution in [3.05, 3.63) is 48.5 Å². The minimum Gasteiger partial charge on any atom is -0.507 e. The van der Waals surface area contributed by atoms with E-state index >= 15 is 0 Å². The van der Waals surface area contributed by atoms with Crippen LogP contribution in [0.2, 0.25) is 0 Å². The third-order valence-electron chi connectivity index (χ3n) is 2.87. The van der Waals surface area contributed by atoms with E-state index in [4.69, 9.17) is 4.42 Å². The van der Waals surface area contributed by atoms with Crippen molar-refractivity contribution < 1.29 is 19.7 Å². The van der Waals surface area contributed by atoms with Gasteiger partial charge in [0.25, 0.3) is 0 Å². The van der Waals surface area contributed by atoms with Crippen LogP contribution in [0.5, 0.6) is 17.2 Å². The third-order valence-corrected chi connectivity index (χ3v) is 2.87. The Balaban J connectivity index is 2.31. The molecule has 0 saturated heterocycles. The molecule has 94 valence electrons. The molecule has 4 nitrogen and oxygen atoms in total. The molecule has 3 N–H and O–H groups in total. The van der Waals surface area contributed by atoms with Crippen LogP contribution in [-0.2, 0) is 0 Å². The molecule has 3 aromatic rings. The zero-order chi connectivity index (χ0) is 13.4. The Hall–Kier alpha value is -2.75. The lowest BCUT2D eigenvalue weighted by Gasteiger charge is -1.99. The first-order valence-corrected chi connectivity index (χ1v) is 5.72. The van der Waals surface area contributed by atoms with Crippen molar-refractivity contribution in [2.24, 2.45) is 0 Å². The van der Waals surface area contributed by atoms with Gasteiger partial charge in [-0.2, -0.15) is 0 Å². The zero-order valence-corrected chi connectivity index (χ0v) is 9.87. The van der Waals surface area contributed by atoms with Gasteiger partial charge in [0.2, 0.25) is 5.75 Å². The number of hydrogen-bond acceptors (Lipinski definition) is 3. The summed E-state index contributed by atoms with van der Waals surface area (Å²) in [4.78, 5) is 0. The van der Waals surface area contributed by atoms with E-state index in [1.54, 1.807) is 12.1 Å². The second-order valence-electron chi connectivity index (χ2n) is 4.20. The first-order valence-electron chi connectivity index (χ1n) is 5.72. The number of benzene rings is 2. The predicted octanol–water partition coefficient (Wildman–Crippen LogP) is 3.50. The van der Waals surface area contributed by atoms with Crippen molar-refractivity contribution in [1.29, 1.82) is 0 Å². The van der Waals surface area contributed by atoms with Crippen LogP contribution in [0.3, 0.4) is 0 Å². The topological polar surface area (TPSA) is 72.0 Å². The number of fused-ring (bicyclic) bond motifs is 1. The molecule has 0 bridgehead atoms. The largest absolute Gasteiger partial charge is 0.507 e. The van der Waals surface area contributed by atoms with Crippen molar-refractivity contribution in [2.75, 3.05) is 0 Å². The quantitative estimate of drug-likeness (QED) is 0.582. The van der Waals surface area contributed by atoms with Crippen molar-refractivity contribution in [2.45, 2.75) is 0 Å². The number of phenolic OH excluding ortho intramolecular Hbond substituents is 2. The lowest BCUT2D eigenvalue weighted by atomic mass is 10.1. The van der Waals surface area contributed by atoms with Gasteiger partial charge < -0.3 is 15.3 Å². The lowest BCUT2D eigenvalue weighted by Crippen LogP contribution is -1.82. The molecule has 0 fully saturated rings. The Morgan fingerprint density at radius 2 is 1.53 bits per heavy atom. The summed E-state index contributed by atoms with van der Waals surface area (Å²) >= 11 is 0. The molecular weight excluding hydrogens is 244 g/mol. The molecule has 4 heteroatoms. The molecule has 2 aromatic carbocycles. The van der Waals surface area contributed by atoms with Gasteiger partial charge in [-0.15, -0.1) is 0 Å². The van der Waals surface area contributed by atoms with Crippen LogP contribution in [0, 0.1) is 0 Å². The molecule has 0 aliphatic rings. The standard InChI is InChI=1S/C15H10O4/c16-10-6-12(17)11-8-13(18)15(19-14(11)7-10)9-4-2-1-3-5-9/h1-8H,(H2-,16,17,18)/p+1. The highest BCUT2D eigenvalue weighted by Crippen LogP contribution is 2.38. The highest BCUT2D eigenvalue weighted by Gasteiger charge is 2.23. The predicted molar refractivity (Wildman–Crippen MR) is 71.1 cm³/mol. The molecule has 0 spiro atoms. The summed E-state index contributed by atoms with van der Waals surface area (Å²) in [6.45, 7) is 0. The van der Waals surface area contributed by atoms with Crippen molar-refractivity contribution >= 4 is 11.0 Å². The summed E-state index contributed by atoms with van der Waals surface area (Å²) in [6.07, 6.45) is 0. The van der Waals surface area contributed by atoms with Crippen LogP contribution < -0.4 is 0 Å². The fourth-order valence-corrected chi connectivity index (χ4v) is 1.99. The minimum atomic E-state index is -0.145. The minimum absolute atomic E-state index is 0.0697. The molecule has 1 heterocycles. The second-order valence-corrected chi connectivity index (χ2v) is 4.20. The van der Waals surface area contributed by atoms with Crippen molar-refractivity contribution in [1.82, 2.24) is 0 Å². The van der Waals surface area contributed by atoms with E-state index < -0.39 is 0 Å². The van der Waals surface area contributed by atoms with E-state index in [0.717, 1.165) is 0 Å². The maximum absolute atomic E-state index is 9.99. The first-order chi connectivity index (χ1) is 9.15. The summed E-state index contributed by atoms with van der Waals surface area (Å²) in [6, 6.07) is 13.1. The van der Waals surface area contributed by atoms with E-state index in [-0.39, 0.29) is 23.0 Å². The number of aromatic hydroxyl groups is 3.